The molecule has 4 nitrogen and oxygen atoms in total. The van der Waals surface area contributed by atoms with Gasteiger partial charge in [-0.2, -0.15) is 5.10 Å². The number of rotatable bonds is 6. The van der Waals surface area contributed by atoms with Crippen LogP contribution in [0.2, 0.25) is 0 Å². The second kappa shape index (κ2) is 7.79. The fraction of sp³-hybridized carbons (Fsp3) is 0.238. The Morgan fingerprint density at radius 2 is 1.76 bits per heavy atom. The minimum absolute atomic E-state index is 0.00747. The zero-order valence-corrected chi connectivity index (χ0v) is 14.7. The third kappa shape index (κ3) is 4.57. The number of hydrogen-bond donors (Lipinski definition) is 1. The lowest BCUT2D eigenvalue weighted by Crippen LogP contribution is -2.16. The van der Waals surface area contributed by atoms with Crippen molar-refractivity contribution in [3.05, 3.63) is 83.2 Å². The number of hydrogen-bond acceptors (Lipinski definition) is 2. The van der Waals surface area contributed by atoms with E-state index in [-0.39, 0.29) is 5.91 Å². The quantitative estimate of drug-likeness (QED) is 0.737. The number of amides is 1. The first-order chi connectivity index (χ1) is 12.1. The van der Waals surface area contributed by atoms with E-state index in [9.17, 15) is 4.79 Å². The molecule has 0 bridgehead atoms. The third-order valence-corrected chi connectivity index (χ3v) is 4.18. The Bertz CT molecular complexity index is 853. The normalized spacial score (nSPS) is 10.6. The highest BCUT2D eigenvalue weighted by atomic mass is 16.1. The predicted molar refractivity (Wildman–Crippen MR) is 101 cm³/mol. The molecule has 25 heavy (non-hydrogen) atoms. The number of nitrogens with one attached hydrogen (secondary N) is 1. The standard InChI is InChI=1S/C21H23N3O/c1-16-14-17(2)24(23-16)13-12-21(25)22-20-11-7-6-10-19(20)15-18-8-4-3-5-9-18/h3-11,14H,12-13,15H2,1-2H3,(H,22,25). The molecule has 0 saturated carbocycles. The minimum atomic E-state index is 0.00747. The molecule has 0 atom stereocenters. The zero-order valence-electron chi connectivity index (χ0n) is 14.7. The summed E-state index contributed by atoms with van der Waals surface area (Å²) < 4.78 is 1.88. The predicted octanol–water partition coefficient (Wildman–Crippen LogP) is 4.12. The number of nitrogens with zero attached hydrogens (tertiary/aromatic N) is 2. The number of para-hydroxylation sites is 1. The highest BCUT2D eigenvalue weighted by molar-refractivity contribution is 5.91. The van der Waals surface area contributed by atoms with E-state index in [0.717, 1.165) is 29.1 Å². The van der Waals surface area contributed by atoms with Gasteiger partial charge >= 0.3 is 0 Å². The van der Waals surface area contributed by atoms with Crippen LogP contribution in [0.25, 0.3) is 0 Å². The molecule has 1 heterocycles. The van der Waals surface area contributed by atoms with Crippen LogP contribution >= 0.6 is 0 Å². The van der Waals surface area contributed by atoms with Crippen molar-refractivity contribution >= 4 is 11.6 Å². The minimum Gasteiger partial charge on any atom is -0.326 e. The Hall–Kier alpha value is -2.88. The monoisotopic (exact) mass is 333 g/mol. The Labute approximate surface area is 148 Å². The number of anilines is 1. The van der Waals surface area contributed by atoms with Crippen molar-refractivity contribution in [1.82, 2.24) is 9.78 Å². The highest BCUT2D eigenvalue weighted by Crippen LogP contribution is 2.19. The largest absolute Gasteiger partial charge is 0.326 e. The molecule has 2 aromatic carbocycles. The summed E-state index contributed by atoms with van der Waals surface area (Å²) in [5, 5.41) is 7.45. The lowest BCUT2D eigenvalue weighted by atomic mass is 10.0. The van der Waals surface area contributed by atoms with Crippen molar-refractivity contribution in [1.29, 1.82) is 0 Å². The van der Waals surface area contributed by atoms with E-state index in [1.54, 1.807) is 0 Å². The molecule has 0 radical (unpaired) electrons. The number of aromatic nitrogens is 2. The second-order valence-electron chi connectivity index (χ2n) is 6.27. The number of aryl methyl sites for hydroxylation is 3. The molecule has 128 valence electrons. The van der Waals surface area contributed by atoms with Gasteiger partial charge in [0.25, 0.3) is 0 Å². The zero-order chi connectivity index (χ0) is 17.6. The fourth-order valence-corrected chi connectivity index (χ4v) is 2.93. The second-order valence-corrected chi connectivity index (χ2v) is 6.27. The molecular formula is C21H23N3O. The van der Waals surface area contributed by atoms with E-state index in [0.29, 0.717) is 13.0 Å². The van der Waals surface area contributed by atoms with Crippen molar-refractivity contribution in [3.8, 4) is 0 Å². The lowest BCUT2D eigenvalue weighted by Gasteiger charge is -2.12. The molecule has 0 saturated heterocycles. The van der Waals surface area contributed by atoms with Crippen molar-refractivity contribution in [2.24, 2.45) is 0 Å². The van der Waals surface area contributed by atoms with Crippen molar-refractivity contribution in [3.63, 3.8) is 0 Å². The van der Waals surface area contributed by atoms with Gasteiger partial charge in [0.15, 0.2) is 0 Å². The maximum Gasteiger partial charge on any atom is 0.226 e. The SMILES string of the molecule is Cc1cc(C)n(CCC(=O)Nc2ccccc2Cc2ccccc2)n1. The van der Waals surface area contributed by atoms with E-state index in [1.807, 2.05) is 61.0 Å². The average molecular weight is 333 g/mol. The summed E-state index contributed by atoms with van der Waals surface area (Å²) in [6, 6.07) is 20.3. The highest BCUT2D eigenvalue weighted by Gasteiger charge is 2.09. The van der Waals surface area contributed by atoms with Crippen LogP contribution in [0, 0.1) is 13.8 Å². The molecule has 1 aromatic heterocycles. The summed E-state index contributed by atoms with van der Waals surface area (Å²) in [6.45, 7) is 4.56. The average Bonchev–Trinajstić information content (AvgIpc) is 2.93. The van der Waals surface area contributed by atoms with Gasteiger partial charge < -0.3 is 5.32 Å². The van der Waals surface area contributed by atoms with Gasteiger partial charge in [-0.05, 0) is 43.5 Å². The van der Waals surface area contributed by atoms with Crippen LogP contribution in [0.4, 0.5) is 5.69 Å². The van der Waals surface area contributed by atoms with Gasteiger partial charge in [-0.25, -0.2) is 0 Å². The van der Waals surface area contributed by atoms with E-state index in [4.69, 9.17) is 0 Å². The molecule has 1 N–H and O–H groups in total. The van der Waals surface area contributed by atoms with E-state index in [2.05, 4.69) is 28.6 Å². The first-order valence-electron chi connectivity index (χ1n) is 8.54. The molecule has 4 heteroatoms. The van der Waals surface area contributed by atoms with Gasteiger partial charge in [0, 0.05) is 24.3 Å². The summed E-state index contributed by atoms with van der Waals surface area (Å²) in [6.07, 6.45) is 1.20. The Balaban J connectivity index is 1.64. The van der Waals surface area contributed by atoms with Crippen molar-refractivity contribution in [2.75, 3.05) is 5.32 Å². The summed E-state index contributed by atoms with van der Waals surface area (Å²) in [5.41, 5.74) is 5.28. The van der Waals surface area contributed by atoms with Gasteiger partial charge in [0.1, 0.15) is 0 Å². The van der Waals surface area contributed by atoms with Gasteiger partial charge in [0.05, 0.1) is 5.69 Å². The molecule has 0 spiro atoms. The van der Waals surface area contributed by atoms with Crippen LogP contribution in [-0.4, -0.2) is 15.7 Å². The Morgan fingerprint density at radius 3 is 2.48 bits per heavy atom. The maximum atomic E-state index is 12.4. The molecule has 0 fully saturated rings. The summed E-state index contributed by atoms with van der Waals surface area (Å²) in [4.78, 5) is 12.4. The molecule has 0 aliphatic rings. The smallest absolute Gasteiger partial charge is 0.226 e. The van der Waals surface area contributed by atoms with Crippen LogP contribution in [0.15, 0.2) is 60.7 Å². The Kier molecular flexibility index (Phi) is 5.29. The molecule has 0 aliphatic carbocycles. The fourth-order valence-electron chi connectivity index (χ4n) is 2.93. The molecule has 3 aromatic rings. The first-order valence-corrected chi connectivity index (χ1v) is 8.54. The van der Waals surface area contributed by atoms with E-state index in [1.165, 1.54) is 5.56 Å². The lowest BCUT2D eigenvalue weighted by molar-refractivity contribution is -0.116. The molecule has 3 rings (SSSR count). The van der Waals surface area contributed by atoms with Gasteiger partial charge in [0.2, 0.25) is 5.91 Å². The molecule has 1 amide bonds. The van der Waals surface area contributed by atoms with Crippen molar-refractivity contribution in [2.45, 2.75) is 33.2 Å². The number of benzene rings is 2. The number of carbonyl (C=O) groups is 1. The van der Waals surface area contributed by atoms with Crippen LogP contribution in [0.5, 0.6) is 0 Å². The molecule has 0 aliphatic heterocycles. The van der Waals surface area contributed by atoms with Crippen molar-refractivity contribution < 1.29 is 4.79 Å². The maximum absolute atomic E-state index is 12.4. The van der Waals surface area contributed by atoms with E-state index >= 15 is 0 Å². The van der Waals surface area contributed by atoms with Crippen LogP contribution in [-0.2, 0) is 17.8 Å². The van der Waals surface area contributed by atoms with Gasteiger partial charge in [-0.1, -0.05) is 48.5 Å². The van der Waals surface area contributed by atoms with E-state index < -0.39 is 0 Å². The van der Waals surface area contributed by atoms with Crippen LogP contribution < -0.4 is 5.32 Å². The van der Waals surface area contributed by atoms with Gasteiger partial charge in [-0.15, -0.1) is 0 Å². The number of carbonyl (C=O) groups excluding carboxylic acids is 1. The Morgan fingerprint density at radius 1 is 1.04 bits per heavy atom. The first kappa shape index (κ1) is 17.0. The van der Waals surface area contributed by atoms with Gasteiger partial charge in [-0.3, -0.25) is 9.48 Å². The third-order valence-electron chi connectivity index (χ3n) is 4.18. The summed E-state index contributed by atoms with van der Waals surface area (Å²) >= 11 is 0. The molecule has 0 unspecified atom stereocenters. The van der Waals surface area contributed by atoms with Crippen LogP contribution in [0.3, 0.4) is 0 Å². The summed E-state index contributed by atoms with van der Waals surface area (Å²) in [5.74, 6) is 0.00747. The molecular weight excluding hydrogens is 310 g/mol. The summed E-state index contributed by atoms with van der Waals surface area (Å²) in [7, 11) is 0. The van der Waals surface area contributed by atoms with Crippen LogP contribution in [0.1, 0.15) is 28.9 Å². The topological polar surface area (TPSA) is 46.9 Å².